The summed E-state index contributed by atoms with van der Waals surface area (Å²) in [5.41, 5.74) is 6.40. The summed E-state index contributed by atoms with van der Waals surface area (Å²) in [4.78, 5) is 3.82. The molecule has 0 fully saturated rings. The van der Waals surface area contributed by atoms with E-state index in [1.54, 1.807) is 0 Å². The Morgan fingerprint density at radius 1 is 1.47 bits per heavy atom. The quantitative estimate of drug-likeness (QED) is 0.841. The van der Waals surface area contributed by atoms with Gasteiger partial charge in [0.15, 0.2) is 0 Å². The van der Waals surface area contributed by atoms with E-state index in [4.69, 9.17) is 5.73 Å². The van der Waals surface area contributed by atoms with Gasteiger partial charge in [-0.1, -0.05) is 6.92 Å². The predicted molar refractivity (Wildman–Crippen MR) is 60.4 cm³/mol. The average Bonchev–Trinajstić information content (AvgIpc) is 2.23. The van der Waals surface area contributed by atoms with Gasteiger partial charge < -0.3 is 11.1 Å². The zero-order valence-corrected chi connectivity index (χ0v) is 9.59. The number of aromatic nitrogens is 1. The lowest BCUT2D eigenvalue weighted by molar-refractivity contribution is -0.140. The van der Waals surface area contributed by atoms with E-state index < -0.39 is 18.6 Å². The molecule has 1 unspecified atom stereocenters. The summed E-state index contributed by atoms with van der Waals surface area (Å²) in [7, 11) is 0. The Balaban J connectivity index is 2.86. The molecular formula is C11H16F3N3. The number of nitrogens with zero attached hydrogens (tertiary/aromatic N) is 1. The van der Waals surface area contributed by atoms with Crippen LogP contribution in [0.2, 0.25) is 0 Å². The van der Waals surface area contributed by atoms with Crippen LogP contribution in [0.15, 0.2) is 18.5 Å². The summed E-state index contributed by atoms with van der Waals surface area (Å²) < 4.78 is 37.3. The Morgan fingerprint density at radius 3 is 2.71 bits per heavy atom. The smallest absolute Gasteiger partial charge is 0.390 e. The second-order valence-corrected chi connectivity index (χ2v) is 3.83. The van der Waals surface area contributed by atoms with Gasteiger partial charge in [-0.25, -0.2) is 0 Å². The molecule has 3 N–H and O–H groups in total. The zero-order chi connectivity index (χ0) is 12.9. The molecule has 0 aliphatic carbocycles. The molecule has 3 nitrogen and oxygen atoms in total. The van der Waals surface area contributed by atoms with Crippen LogP contribution in [-0.2, 0) is 0 Å². The number of pyridine rings is 1. The summed E-state index contributed by atoms with van der Waals surface area (Å²) in [5, 5.41) is 2.84. The first-order valence-electron chi connectivity index (χ1n) is 5.43. The summed E-state index contributed by atoms with van der Waals surface area (Å²) in [6.07, 6.45) is -1.57. The maximum absolute atomic E-state index is 12.4. The van der Waals surface area contributed by atoms with Gasteiger partial charge in [-0.05, 0) is 19.0 Å². The lowest BCUT2D eigenvalue weighted by Gasteiger charge is -2.21. The van der Waals surface area contributed by atoms with Crippen molar-refractivity contribution in [2.45, 2.75) is 32.0 Å². The molecule has 1 heterocycles. The molecule has 0 bridgehead atoms. The SMILES string of the molecule is CCCNC(CC(F)(F)F)c1cnccc1N. The summed E-state index contributed by atoms with van der Waals surface area (Å²) >= 11 is 0. The molecule has 0 saturated carbocycles. The van der Waals surface area contributed by atoms with Crippen LogP contribution < -0.4 is 11.1 Å². The van der Waals surface area contributed by atoms with Crippen molar-refractivity contribution >= 4 is 5.69 Å². The fraction of sp³-hybridized carbons (Fsp3) is 0.545. The Labute approximate surface area is 98.2 Å². The normalized spacial score (nSPS) is 13.6. The number of nitrogens with one attached hydrogen (secondary N) is 1. The van der Waals surface area contributed by atoms with Crippen LogP contribution in [0.3, 0.4) is 0 Å². The molecule has 0 aliphatic heterocycles. The standard InChI is InChI=1S/C11H16F3N3/c1-2-4-17-10(6-11(12,13)14)8-7-16-5-3-9(8)15/h3,5,7,10,17H,2,4,6H2,1H3,(H2,15,16). The highest BCUT2D eigenvalue weighted by Crippen LogP contribution is 2.31. The minimum atomic E-state index is -4.23. The van der Waals surface area contributed by atoms with Gasteiger partial charge in [0.2, 0.25) is 0 Å². The summed E-state index contributed by atoms with van der Waals surface area (Å²) in [6.45, 7) is 2.40. The number of nitrogens with two attached hydrogens (primary N) is 1. The largest absolute Gasteiger partial charge is 0.398 e. The van der Waals surface area contributed by atoms with E-state index in [1.165, 1.54) is 18.5 Å². The van der Waals surface area contributed by atoms with Crippen LogP contribution in [0.25, 0.3) is 0 Å². The fourth-order valence-corrected chi connectivity index (χ4v) is 1.55. The minimum Gasteiger partial charge on any atom is -0.398 e. The molecule has 0 spiro atoms. The average molecular weight is 247 g/mol. The van der Waals surface area contributed by atoms with Crippen molar-refractivity contribution in [1.29, 1.82) is 0 Å². The molecule has 0 amide bonds. The molecule has 1 rings (SSSR count). The van der Waals surface area contributed by atoms with Crippen LogP contribution in [0.1, 0.15) is 31.4 Å². The van der Waals surface area contributed by atoms with Crippen LogP contribution in [-0.4, -0.2) is 17.7 Å². The van der Waals surface area contributed by atoms with Gasteiger partial charge in [-0.15, -0.1) is 0 Å². The molecule has 1 aromatic heterocycles. The Hall–Kier alpha value is -1.30. The van der Waals surface area contributed by atoms with E-state index in [2.05, 4.69) is 10.3 Å². The maximum Gasteiger partial charge on any atom is 0.390 e. The summed E-state index contributed by atoms with van der Waals surface area (Å²) in [5.74, 6) is 0. The van der Waals surface area contributed by atoms with E-state index in [1.807, 2.05) is 6.92 Å². The molecule has 17 heavy (non-hydrogen) atoms. The van der Waals surface area contributed by atoms with Gasteiger partial charge in [0.1, 0.15) is 0 Å². The highest BCUT2D eigenvalue weighted by molar-refractivity contribution is 5.46. The van der Waals surface area contributed by atoms with Gasteiger partial charge in [0.25, 0.3) is 0 Å². The lowest BCUT2D eigenvalue weighted by atomic mass is 10.0. The number of anilines is 1. The molecule has 0 saturated heterocycles. The van der Waals surface area contributed by atoms with Crippen LogP contribution >= 0.6 is 0 Å². The molecule has 0 aliphatic rings. The van der Waals surface area contributed by atoms with Crippen molar-refractivity contribution in [2.75, 3.05) is 12.3 Å². The first-order chi connectivity index (χ1) is 7.94. The Bertz CT molecular complexity index is 352. The molecule has 6 heteroatoms. The number of halogens is 3. The Morgan fingerprint density at radius 2 is 2.18 bits per heavy atom. The van der Waals surface area contributed by atoms with Gasteiger partial charge >= 0.3 is 6.18 Å². The van der Waals surface area contributed by atoms with Crippen molar-refractivity contribution in [3.05, 3.63) is 24.0 Å². The van der Waals surface area contributed by atoms with Gasteiger partial charge in [-0.2, -0.15) is 13.2 Å². The van der Waals surface area contributed by atoms with Crippen molar-refractivity contribution in [3.8, 4) is 0 Å². The van der Waals surface area contributed by atoms with Crippen molar-refractivity contribution < 1.29 is 13.2 Å². The third-order valence-corrected chi connectivity index (χ3v) is 2.34. The molecule has 1 atom stereocenters. The van der Waals surface area contributed by atoms with Crippen molar-refractivity contribution in [1.82, 2.24) is 10.3 Å². The zero-order valence-electron chi connectivity index (χ0n) is 9.59. The van der Waals surface area contributed by atoms with E-state index >= 15 is 0 Å². The highest BCUT2D eigenvalue weighted by Gasteiger charge is 2.33. The molecule has 96 valence electrons. The molecular weight excluding hydrogens is 231 g/mol. The number of rotatable bonds is 5. The first-order valence-corrected chi connectivity index (χ1v) is 5.43. The third-order valence-electron chi connectivity index (χ3n) is 2.34. The molecule has 0 radical (unpaired) electrons. The molecule has 1 aromatic rings. The highest BCUT2D eigenvalue weighted by atomic mass is 19.4. The van der Waals surface area contributed by atoms with Gasteiger partial charge in [0.05, 0.1) is 6.42 Å². The summed E-state index contributed by atoms with van der Waals surface area (Å²) in [6, 6.07) is 0.676. The first kappa shape index (κ1) is 13.8. The second-order valence-electron chi connectivity index (χ2n) is 3.83. The maximum atomic E-state index is 12.4. The second kappa shape index (κ2) is 5.86. The van der Waals surface area contributed by atoms with E-state index in [0.717, 1.165) is 6.42 Å². The van der Waals surface area contributed by atoms with E-state index in [-0.39, 0.29) is 0 Å². The number of hydrogen-bond acceptors (Lipinski definition) is 3. The van der Waals surface area contributed by atoms with Crippen LogP contribution in [0.4, 0.5) is 18.9 Å². The van der Waals surface area contributed by atoms with Crippen molar-refractivity contribution in [3.63, 3.8) is 0 Å². The molecule has 0 aromatic carbocycles. The monoisotopic (exact) mass is 247 g/mol. The minimum absolute atomic E-state index is 0.331. The van der Waals surface area contributed by atoms with Gasteiger partial charge in [0, 0.05) is 29.7 Å². The van der Waals surface area contributed by atoms with Crippen LogP contribution in [0, 0.1) is 0 Å². The third kappa shape index (κ3) is 4.60. The van der Waals surface area contributed by atoms with E-state index in [0.29, 0.717) is 17.8 Å². The lowest BCUT2D eigenvalue weighted by Crippen LogP contribution is -2.28. The van der Waals surface area contributed by atoms with E-state index in [9.17, 15) is 13.2 Å². The van der Waals surface area contributed by atoms with Gasteiger partial charge in [-0.3, -0.25) is 4.98 Å². The number of alkyl halides is 3. The topological polar surface area (TPSA) is 50.9 Å². The number of nitrogen functional groups attached to an aromatic ring is 1. The van der Waals surface area contributed by atoms with Crippen molar-refractivity contribution in [2.24, 2.45) is 0 Å². The van der Waals surface area contributed by atoms with Crippen LogP contribution in [0.5, 0.6) is 0 Å². The Kier molecular flexibility index (Phi) is 4.74. The fourth-order valence-electron chi connectivity index (χ4n) is 1.55. The number of hydrogen-bond donors (Lipinski definition) is 2. The predicted octanol–water partition coefficient (Wildman–Crippen LogP) is 2.66.